The van der Waals surface area contributed by atoms with E-state index in [0.717, 1.165) is 117 Å². The summed E-state index contributed by atoms with van der Waals surface area (Å²) in [4.78, 5) is 70.9. The summed E-state index contributed by atoms with van der Waals surface area (Å²) in [5.74, 6) is 0.624. The topological polar surface area (TPSA) is 237 Å². The number of carbonyl (C=O) groups is 6. The summed E-state index contributed by atoms with van der Waals surface area (Å²) in [6, 6.07) is 75.1. The molecule has 0 aliphatic heterocycles. The highest BCUT2D eigenvalue weighted by Crippen LogP contribution is 2.47. The van der Waals surface area contributed by atoms with Crippen molar-refractivity contribution in [3.8, 4) is 34.1 Å². The molecule has 0 fully saturated rings. The van der Waals surface area contributed by atoms with Gasteiger partial charge in [0, 0.05) is 66.3 Å². The van der Waals surface area contributed by atoms with Gasteiger partial charge in [0.25, 0.3) is 0 Å². The van der Waals surface area contributed by atoms with E-state index in [2.05, 4.69) is 57.0 Å². The smallest absolute Gasteiger partial charge is 0.340 e. The predicted molar refractivity (Wildman–Crippen MR) is 490 cm³/mol. The number of phenols is 2. The molecule has 5 atom stereocenters. The predicted octanol–water partition coefficient (Wildman–Crippen LogP) is 24.4. The highest BCUT2D eigenvalue weighted by molar-refractivity contribution is 9.11. The number of methoxy groups -OCH3 is 2. The molecule has 12 aromatic carbocycles. The van der Waals surface area contributed by atoms with Crippen molar-refractivity contribution >= 4 is 111 Å². The van der Waals surface area contributed by atoms with E-state index in [1.54, 1.807) is 41.9 Å². The number of hydrogen-bond acceptors (Lipinski definition) is 16. The molecule has 0 bridgehead atoms. The third-order valence-electron chi connectivity index (χ3n) is 19.8. The second-order valence-corrected chi connectivity index (χ2v) is 32.5. The van der Waals surface area contributed by atoms with Gasteiger partial charge < -0.3 is 53.2 Å². The molecule has 20 heteroatoms. The summed E-state index contributed by atoms with van der Waals surface area (Å²) in [5.41, 5.74) is 11.7. The second kappa shape index (κ2) is 47.4. The van der Waals surface area contributed by atoms with Crippen molar-refractivity contribution in [2.24, 2.45) is 11.8 Å². The van der Waals surface area contributed by atoms with E-state index >= 15 is 0 Å². The minimum Gasteiger partial charge on any atom is -0.507 e. The van der Waals surface area contributed by atoms with Gasteiger partial charge in [-0.05, 0) is 239 Å². The first-order valence-corrected chi connectivity index (χ1v) is 42.5. The Morgan fingerprint density at radius 1 is 0.508 bits per heavy atom. The number of Topliss-reactive ketones (excluding diaryl/α,β-unsaturated/α-hetero) is 2. The highest BCUT2D eigenvalue weighted by Gasteiger charge is 2.36. The molecule has 12 aromatic rings. The molecule has 5 unspecified atom stereocenters. The van der Waals surface area contributed by atoms with Crippen LogP contribution in [0.4, 0.5) is 0 Å². The van der Waals surface area contributed by atoms with Gasteiger partial charge in [-0.15, -0.1) is 0 Å². The fraction of sp³-hybridized carbons (Fsp3) is 0.294. The Hall–Kier alpha value is -11.0. The summed E-state index contributed by atoms with van der Waals surface area (Å²) in [6.07, 6.45) is 0.475. The SMILES string of the molecule is CC(=O)Cc1ccccc1.CC(CC(=O)O)Cc1ccccc1.CC1CC(=O)c2ccccc2C1.CCOC(=O)C(OC(C)(C)C)c1c(C)c(Br)c2ccccc2c1-c1ccc(Cl)cc1.CCOC(=O)C(OCc1ccc(OC)cc1)c1c(C)c(Br)c2ccccc2c1O.CCOC(=O)C(OCc1ccc(OC)cc1)c1c(C)cc2ccccc2c1O. The molecule has 0 aromatic heterocycles. The fourth-order valence-electron chi connectivity index (χ4n) is 14.1. The van der Waals surface area contributed by atoms with Crippen LogP contribution in [-0.2, 0) is 84.9 Å². The molecule has 0 heterocycles. The molecule has 1 aliphatic rings. The van der Waals surface area contributed by atoms with Crippen LogP contribution in [0, 0.1) is 32.6 Å². The monoisotopic (exact) mass is 1800 g/mol. The number of halogens is 3. The van der Waals surface area contributed by atoms with Crippen LogP contribution in [0.15, 0.2) is 246 Å². The lowest BCUT2D eigenvalue weighted by Gasteiger charge is -2.30. The Kier molecular flexibility index (Phi) is 37.5. The number of aliphatic carboxylic acids is 1. The average molecular weight is 1800 g/mol. The standard InChI is InChI=1S/C25H26BrClO3.C23H23BrO5.C23H24O5.C11H14O2.C11H12O.C9H10O/c1-6-29-24(28)23(30-25(3,4)5)20-15(2)22(26)19-10-8-7-9-18(19)21(20)16-11-13-17(27)14-12-16;1-4-28-23(26)22(29-13-15-9-11-16(27-3)12-10-15)19-14(2)20(24)17-7-5-6-8-18(17)21(19)25;1-4-27-23(25)22(28-14-16-9-11-18(26-3)12-10-16)20-15(2)13-17-7-5-6-8-19(17)21(20)24;1-9(8-11(12)13)7-10-5-3-2-4-6-10;1-8-6-9-4-2-3-5-10(9)11(12)7-8;1-8(10)7-9-5-3-2-4-6-9/h7-14,23H,6H2,1-5H3;5-12,22,25H,4,13H2,1-3H3;5-13,22,24H,4,14H2,1-3H3;2-6,9H,7-8H2,1H3,(H,12,13);2-5,8H,6-7H2,1H3;2-6H,7H2,1H3. The maximum absolute atomic E-state index is 13.1. The number of esters is 3. The Morgan fingerprint density at radius 3 is 1.44 bits per heavy atom. The quantitative estimate of drug-likeness (QED) is 0.0356. The zero-order valence-electron chi connectivity index (χ0n) is 71.7. The molecule has 122 heavy (non-hydrogen) atoms. The van der Waals surface area contributed by atoms with Crippen LogP contribution in [0.3, 0.4) is 0 Å². The van der Waals surface area contributed by atoms with E-state index in [4.69, 9.17) is 54.6 Å². The zero-order chi connectivity index (χ0) is 88.7. The van der Waals surface area contributed by atoms with E-state index in [9.17, 15) is 39.0 Å². The summed E-state index contributed by atoms with van der Waals surface area (Å²) >= 11 is 13.5. The Labute approximate surface area is 737 Å². The van der Waals surface area contributed by atoms with Crippen molar-refractivity contribution in [3.63, 3.8) is 0 Å². The number of carbonyl (C=O) groups excluding carboxylic acids is 5. The summed E-state index contributed by atoms with van der Waals surface area (Å²) in [5, 5.41) is 36.3. The number of ketones is 2. The lowest BCUT2D eigenvalue weighted by Crippen LogP contribution is -2.29. The van der Waals surface area contributed by atoms with Gasteiger partial charge in [0.15, 0.2) is 24.1 Å². The van der Waals surface area contributed by atoms with Gasteiger partial charge in [0.2, 0.25) is 0 Å². The maximum atomic E-state index is 13.1. The van der Waals surface area contributed by atoms with Crippen LogP contribution in [-0.4, -0.2) is 90.4 Å². The molecule has 1 aliphatic carbocycles. The Bertz CT molecular complexity index is 5480. The van der Waals surface area contributed by atoms with Crippen molar-refractivity contribution < 1.29 is 82.0 Å². The zero-order valence-corrected chi connectivity index (χ0v) is 75.6. The van der Waals surface area contributed by atoms with E-state index in [-0.39, 0.29) is 62.7 Å². The first-order chi connectivity index (χ1) is 58.4. The van der Waals surface area contributed by atoms with Gasteiger partial charge in [-0.2, -0.15) is 0 Å². The van der Waals surface area contributed by atoms with Crippen molar-refractivity contribution in [1.82, 2.24) is 0 Å². The molecule has 0 saturated carbocycles. The lowest BCUT2D eigenvalue weighted by atomic mass is 9.84. The minimum atomic E-state index is -1.06. The number of phenolic OH excluding ortho intramolecular Hbond substituents is 2. The Morgan fingerprint density at radius 2 is 0.943 bits per heavy atom. The molecule has 0 saturated heterocycles. The normalized spacial score (nSPS) is 13.0. The van der Waals surface area contributed by atoms with E-state index < -0.39 is 47.8 Å². The number of carboxylic acid groups (broad SMARTS) is 1. The first kappa shape index (κ1) is 96.4. The number of carboxylic acids is 1. The van der Waals surface area contributed by atoms with E-state index in [0.29, 0.717) is 45.0 Å². The minimum absolute atomic E-state index is 0.0223. The summed E-state index contributed by atoms with van der Waals surface area (Å²) in [7, 11) is 3.21. The van der Waals surface area contributed by atoms with Crippen LogP contribution in [0.25, 0.3) is 43.4 Å². The Balaban J connectivity index is 0.000000190. The maximum Gasteiger partial charge on any atom is 0.340 e. The largest absolute Gasteiger partial charge is 0.507 e. The molecule has 17 nitrogen and oxygen atoms in total. The van der Waals surface area contributed by atoms with Gasteiger partial charge in [0.05, 0.1) is 52.9 Å². The molecular weight excluding hydrogens is 1690 g/mol. The lowest BCUT2D eigenvalue weighted by molar-refractivity contribution is -0.166. The van der Waals surface area contributed by atoms with Crippen molar-refractivity contribution in [2.45, 2.75) is 152 Å². The van der Waals surface area contributed by atoms with E-state index in [1.807, 2.05) is 267 Å². The number of rotatable bonds is 25. The van der Waals surface area contributed by atoms with Crippen LogP contribution >= 0.6 is 43.5 Å². The van der Waals surface area contributed by atoms with Gasteiger partial charge >= 0.3 is 23.9 Å². The second-order valence-electron chi connectivity index (χ2n) is 30.5. The molecule has 0 spiro atoms. The average Bonchev–Trinajstić information content (AvgIpc) is 0.739. The third-order valence-corrected chi connectivity index (χ3v) is 22.1. The number of aryl methyl sites for hydroxylation is 1. The third kappa shape index (κ3) is 27.5. The van der Waals surface area contributed by atoms with Crippen molar-refractivity contribution in [3.05, 3.63) is 317 Å². The first-order valence-electron chi connectivity index (χ1n) is 40.5. The molecule has 3 N–H and O–H groups in total. The number of hydrogen-bond donors (Lipinski definition) is 3. The van der Waals surface area contributed by atoms with Crippen LogP contribution < -0.4 is 9.47 Å². The van der Waals surface area contributed by atoms with Gasteiger partial charge in [-0.3, -0.25) is 14.4 Å². The van der Waals surface area contributed by atoms with Crippen LogP contribution in [0.2, 0.25) is 5.02 Å². The molecule has 640 valence electrons. The molecular formula is C102H109Br2ClO17. The molecule has 13 rings (SSSR count). The van der Waals surface area contributed by atoms with Crippen molar-refractivity contribution in [2.75, 3.05) is 34.0 Å². The number of ether oxygens (including phenoxy) is 8. The van der Waals surface area contributed by atoms with Gasteiger partial charge in [0.1, 0.15) is 28.8 Å². The summed E-state index contributed by atoms with van der Waals surface area (Å²) < 4.78 is 46.1. The van der Waals surface area contributed by atoms with Gasteiger partial charge in [-0.25, -0.2) is 14.4 Å². The van der Waals surface area contributed by atoms with Crippen molar-refractivity contribution in [1.29, 1.82) is 0 Å². The van der Waals surface area contributed by atoms with E-state index in [1.165, 1.54) is 11.1 Å². The highest BCUT2D eigenvalue weighted by atomic mass is 79.9. The molecule has 0 radical (unpaired) electrons. The fourth-order valence-corrected chi connectivity index (χ4v) is 15.4. The van der Waals surface area contributed by atoms with Crippen LogP contribution in [0.1, 0.15) is 165 Å². The number of aromatic hydroxyl groups is 2. The molecule has 0 amide bonds. The number of fused-ring (bicyclic) bond motifs is 4. The summed E-state index contributed by atoms with van der Waals surface area (Å²) in [6.45, 7) is 23.6. The van der Waals surface area contributed by atoms with Crippen LogP contribution in [0.5, 0.6) is 23.0 Å². The van der Waals surface area contributed by atoms with Gasteiger partial charge in [-0.1, -0.05) is 226 Å². The number of benzene rings is 12.